The van der Waals surface area contributed by atoms with Crippen LogP contribution in [-0.2, 0) is 9.59 Å². The van der Waals surface area contributed by atoms with Crippen molar-refractivity contribution >= 4 is 11.8 Å². The van der Waals surface area contributed by atoms with Gasteiger partial charge in [-0.05, 0) is 123 Å². The summed E-state index contributed by atoms with van der Waals surface area (Å²) in [5, 5.41) is 3.73. The van der Waals surface area contributed by atoms with Crippen molar-refractivity contribution in [2.45, 2.75) is 97.1 Å². The third-order valence-electron chi connectivity index (χ3n) is 13.3. The molecule has 35 heavy (non-hydrogen) atoms. The Kier molecular flexibility index (Phi) is 4.96. The highest BCUT2D eigenvalue weighted by atomic mass is 16.2. The van der Waals surface area contributed by atoms with Gasteiger partial charge in [0.2, 0.25) is 11.8 Å². The number of hydrogen-bond acceptors (Lipinski definition) is 2. The molecule has 4 heteroatoms. The number of amides is 2. The van der Waals surface area contributed by atoms with E-state index in [-0.39, 0.29) is 22.7 Å². The van der Waals surface area contributed by atoms with E-state index in [0.29, 0.717) is 41.7 Å². The fourth-order valence-corrected chi connectivity index (χ4v) is 12.1. The van der Waals surface area contributed by atoms with E-state index < -0.39 is 0 Å². The quantitative estimate of drug-likeness (QED) is 0.575. The average molecular weight is 479 g/mol. The zero-order valence-electron chi connectivity index (χ0n) is 22.3. The summed E-state index contributed by atoms with van der Waals surface area (Å²) in [6, 6.07) is 0.789. The lowest BCUT2D eigenvalue weighted by Gasteiger charge is -2.60. The second kappa shape index (κ2) is 7.60. The fraction of sp³-hybridized carbons (Fsp3) is 0.871. The molecule has 2 amide bonds. The van der Waals surface area contributed by atoms with E-state index in [9.17, 15) is 9.59 Å². The molecule has 0 aromatic rings. The number of fused-ring (bicyclic) bond motifs is 5. The molecule has 8 rings (SSSR count). The van der Waals surface area contributed by atoms with Gasteiger partial charge in [0.1, 0.15) is 0 Å². The standard InChI is InChI=1S/C31H46N2O2/c1-17-11-24-22-5-6-25-30(2,10-8-26(34)33(25)4)23(22)7-9-31(24,3)27(17)29(35)32-28-20-13-18-12-19(15-20)16-21(28)14-18/h8,10,17-25,27-28H,5-7,9,11-16H2,1-4H3,(H,32,35)/t17?,18?,19?,20?,21?,22-,23+,24+,25-,27-,28?,30-,31+/m1/s1. The maximum atomic E-state index is 14.1. The average Bonchev–Trinajstić information content (AvgIpc) is 3.08. The van der Waals surface area contributed by atoms with Gasteiger partial charge in [-0.15, -0.1) is 0 Å². The van der Waals surface area contributed by atoms with Gasteiger partial charge in [-0.3, -0.25) is 9.59 Å². The first-order valence-corrected chi connectivity index (χ1v) is 15.0. The summed E-state index contributed by atoms with van der Waals surface area (Å²) in [6.07, 6.45) is 16.9. The monoisotopic (exact) mass is 478 g/mol. The van der Waals surface area contributed by atoms with Crippen LogP contribution < -0.4 is 5.32 Å². The lowest BCUT2D eigenvalue weighted by Crippen LogP contribution is -2.60. The van der Waals surface area contributed by atoms with Crippen LogP contribution >= 0.6 is 0 Å². The summed E-state index contributed by atoms with van der Waals surface area (Å²) in [4.78, 5) is 28.5. The minimum absolute atomic E-state index is 0.0802. The van der Waals surface area contributed by atoms with Crippen molar-refractivity contribution in [2.24, 2.45) is 64.1 Å². The second-order valence-corrected chi connectivity index (χ2v) is 14.8. The van der Waals surface area contributed by atoms with Crippen LogP contribution in [0.15, 0.2) is 12.2 Å². The van der Waals surface area contributed by atoms with Crippen molar-refractivity contribution in [1.82, 2.24) is 10.2 Å². The Morgan fingerprint density at radius 1 is 0.971 bits per heavy atom. The van der Waals surface area contributed by atoms with Gasteiger partial charge in [-0.1, -0.05) is 26.8 Å². The number of likely N-dealkylation sites (N-methyl/N-ethyl adjacent to an activating group) is 1. The Balaban J connectivity index is 1.12. The first-order chi connectivity index (χ1) is 16.7. The molecule has 1 unspecified atom stereocenters. The highest BCUT2D eigenvalue weighted by molar-refractivity contribution is 5.89. The third kappa shape index (κ3) is 3.10. The fourth-order valence-electron chi connectivity index (χ4n) is 12.1. The predicted molar refractivity (Wildman–Crippen MR) is 137 cm³/mol. The molecule has 1 N–H and O–H groups in total. The highest BCUT2D eigenvalue weighted by Crippen LogP contribution is 2.67. The predicted octanol–water partition coefficient (Wildman–Crippen LogP) is 5.43. The molecule has 4 bridgehead atoms. The van der Waals surface area contributed by atoms with Gasteiger partial charge in [0.25, 0.3) is 0 Å². The van der Waals surface area contributed by atoms with Crippen LogP contribution in [0.1, 0.15) is 85.0 Å². The van der Waals surface area contributed by atoms with E-state index in [4.69, 9.17) is 0 Å². The summed E-state index contributed by atoms with van der Waals surface area (Å²) >= 11 is 0. The largest absolute Gasteiger partial charge is 0.353 e. The van der Waals surface area contributed by atoms with E-state index >= 15 is 0 Å². The Morgan fingerprint density at radius 2 is 1.66 bits per heavy atom. The zero-order valence-corrected chi connectivity index (χ0v) is 22.3. The highest BCUT2D eigenvalue weighted by Gasteiger charge is 2.63. The Morgan fingerprint density at radius 3 is 2.34 bits per heavy atom. The van der Waals surface area contributed by atoms with Crippen LogP contribution in [0.2, 0.25) is 0 Å². The number of hydrogen-bond donors (Lipinski definition) is 1. The molecular formula is C31H46N2O2. The van der Waals surface area contributed by atoms with Gasteiger partial charge in [-0.2, -0.15) is 0 Å². The number of nitrogens with one attached hydrogen (secondary N) is 1. The van der Waals surface area contributed by atoms with Gasteiger partial charge in [0.05, 0.1) is 0 Å². The lowest BCUT2D eigenvalue weighted by atomic mass is 9.47. The summed E-state index contributed by atoms with van der Waals surface area (Å²) in [6.45, 7) is 7.28. The molecule has 8 atom stereocenters. The second-order valence-electron chi connectivity index (χ2n) is 14.8. The minimum Gasteiger partial charge on any atom is -0.353 e. The number of carbonyl (C=O) groups excluding carboxylic acids is 2. The van der Waals surface area contributed by atoms with Gasteiger partial charge in [0, 0.05) is 30.5 Å². The molecule has 7 aliphatic carbocycles. The van der Waals surface area contributed by atoms with E-state index in [1.807, 2.05) is 18.0 Å². The van der Waals surface area contributed by atoms with Crippen LogP contribution in [0.5, 0.6) is 0 Å². The van der Waals surface area contributed by atoms with Crippen molar-refractivity contribution in [3.8, 4) is 0 Å². The molecule has 0 radical (unpaired) electrons. The molecule has 7 fully saturated rings. The molecule has 0 saturated heterocycles. The van der Waals surface area contributed by atoms with Crippen molar-refractivity contribution in [1.29, 1.82) is 0 Å². The van der Waals surface area contributed by atoms with E-state index in [0.717, 1.165) is 36.5 Å². The van der Waals surface area contributed by atoms with Crippen molar-refractivity contribution in [3.63, 3.8) is 0 Å². The Bertz CT molecular complexity index is 930. The molecule has 7 saturated carbocycles. The molecule has 0 spiro atoms. The van der Waals surface area contributed by atoms with E-state index in [1.54, 1.807) is 0 Å². The number of nitrogens with zero attached hydrogens (tertiary/aromatic N) is 1. The summed E-state index contributed by atoms with van der Waals surface area (Å²) in [5.74, 6) is 6.56. The van der Waals surface area contributed by atoms with Crippen LogP contribution in [0, 0.1) is 64.1 Å². The first kappa shape index (κ1) is 22.8. The Labute approximate surface area is 212 Å². The van der Waals surface area contributed by atoms with Crippen molar-refractivity contribution in [2.75, 3.05) is 7.05 Å². The lowest BCUT2D eigenvalue weighted by molar-refractivity contribution is -0.144. The SMILES string of the molecule is CC1C[C@H]2[C@@H]3CC[C@H]4N(C)C(=O)C=C[C@]4(C)[C@H]3CC[C@]2(C)[C@H]1C(=O)NC1C2CC3CC(C2)CC1C3. The molecular weight excluding hydrogens is 432 g/mol. The van der Waals surface area contributed by atoms with Crippen LogP contribution in [-0.4, -0.2) is 35.8 Å². The van der Waals surface area contributed by atoms with Crippen molar-refractivity contribution < 1.29 is 9.59 Å². The van der Waals surface area contributed by atoms with Crippen molar-refractivity contribution in [3.05, 3.63) is 12.2 Å². The summed E-state index contributed by atoms with van der Waals surface area (Å²) in [5.41, 5.74) is 0.205. The molecule has 192 valence electrons. The molecule has 1 aliphatic heterocycles. The van der Waals surface area contributed by atoms with Crippen LogP contribution in [0.25, 0.3) is 0 Å². The van der Waals surface area contributed by atoms with Crippen LogP contribution in [0.4, 0.5) is 0 Å². The maximum absolute atomic E-state index is 14.1. The first-order valence-electron chi connectivity index (χ1n) is 15.0. The normalized spacial score (nSPS) is 55.9. The maximum Gasteiger partial charge on any atom is 0.246 e. The van der Waals surface area contributed by atoms with E-state index in [2.05, 4.69) is 32.2 Å². The molecule has 1 heterocycles. The molecule has 0 aromatic carbocycles. The summed E-state index contributed by atoms with van der Waals surface area (Å²) in [7, 11) is 2.00. The van der Waals surface area contributed by atoms with Gasteiger partial charge >= 0.3 is 0 Å². The van der Waals surface area contributed by atoms with E-state index in [1.165, 1.54) is 51.4 Å². The zero-order chi connectivity index (χ0) is 24.3. The Hall–Kier alpha value is -1.32. The number of carbonyl (C=O) groups is 2. The molecule has 8 aliphatic rings. The molecule has 4 nitrogen and oxygen atoms in total. The van der Waals surface area contributed by atoms with Gasteiger partial charge in [-0.25, -0.2) is 0 Å². The topological polar surface area (TPSA) is 49.4 Å². The number of rotatable bonds is 2. The van der Waals surface area contributed by atoms with Gasteiger partial charge in [0.15, 0.2) is 0 Å². The molecule has 0 aromatic heterocycles. The minimum atomic E-state index is 0.0802. The summed E-state index contributed by atoms with van der Waals surface area (Å²) < 4.78 is 0. The van der Waals surface area contributed by atoms with Crippen LogP contribution in [0.3, 0.4) is 0 Å². The van der Waals surface area contributed by atoms with Gasteiger partial charge < -0.3 is 10.2 Å². The third-order valence-corrected chi connectivity index (χ3v) is 13.3. The smallest absolute Gasteiger partial charge is 0.246 e.